The molecule has 45 heavy (non-hydrogen) atoms. The number of hydrogen-bond donors (Lipinski definition) is 0. The van der Waals surface area contributed by atoms with Gasteiger partial charge in [-0.3, -0.25) is 0 Å². The summed E-state index contributed by atoms with van der Waals surface area (Å²) in [6, 6.07) is 52.1. The zero-order valence-corrected chi connectivity index (χ0v) is 24.2. The van der Waals surface area contributed by atoms with Crippen molar-refractivity contribution >= 4 is 43.5 Å². The summed E-state index contributed by atoms with van der Waals surface area (Å²) >= 11 is 0. The van der Waals surface area contributed by atoms with Crippen LogP contribution in [0.3, 0.4) is 0 Å². The largest absolute Gasteiger partial charge is 0.455 e. The molecule has 4 heteroatoms. The summed E-state index contributed by atoms with van der Waals surface area (Å²) in [5, 5.41) is 6.57. The van der Waals surface area contributed by atoms with Gasteiger partial charge in [0.2, 0.25) is 0 Å². The molecule has 0 N–H and O–H groups in total. The second-order valence-corrected chi connectivity index (χ2v) is 11.2. The van der Waals surface area contributed by atoms with Crippen LogP contribution < -0.4 is 0 Å². The molecule has 4 nitrogen and oxygen atoms in total. The number of rotatable bonds is 4. The van der Waals surface area contributed by atoms with E-state index in [4.69, 9.17) is 19.4 Å². The van der Waals surface area contributed by atoms with Crippen molar-refractivity contribution in [3.05, 3.63) is 152 Å². The summed E-state index contributed by atoms with van der Waals surface area (Å²) in [4.78, 5) is 15.2. The van der Waals surface area contributed by atoms with Crippen LogP contribution in [-0.4, -0.2) is 15.0 Å². The number of nitrogens with zero attached hydrogens (tertiary/aromatic N) is 3. The van der Waals surface area contributed by atoms with Gasteiger partial charge < -0.3 is 4.42 Å². The minimum atomic E-state index is 0.605. The van der Waals surface area contributed by atoms with Crippen LogP contribution in [0.5, 0.6) is 0 Å². The number of aromatic nitrogens is 3. The van der Waals surface area contributed by atoms with E-state index in [1.807, 2.05) is 72.8 Å². The molecule has 0 saturated carbocycles. The molecule has 0 bridgehead atoms. The maximum absolute atomic E-state index is 6.66. The highest BCUT2D eigenvalue weighted by Gasteiger charge is 2.21. The van der Waals surface area contributed by atoms with Gasteiger partial charge in [-0.15, -0.1) is 0 Å². The van der Waals surface area contributed by atoms with E-state index >= 15 is 0 Å². The lowest BCUT2D eigenvalue weighted by Gasteiger charge is -2.14. The summed E-state index contributed by atoms with van der Waals surface area (Å²) in [5.41, 5.74) is 6.74. The fourth-order valence-corrected chi connectivity index (χ4v) is 6.44. The van der Waals surface area contributed by atoms with E-state index in [1.165, 1.54) is 16.3 Å². The first kappa shape index (κ1) is 25.4. The van der Waals surface area contributed by atoms with Crippen LogP contribution >= 0.6 is 0 Å². The molecule has 0 amide bonds. The van der Waals surface area contributed by atoms with Crippen molar-refractivity contribution < 1.29 is 4.42 Å². The number of furan rings is 1. The molecule has 210 valence electrons. The Bertz CT molecular complexity index is 2470. The Morgan fingerprint density at radius 1 is 0.378 bits per heavy atom. The van der Waals surface area contributed by atoms with E-state index in [0.717, 1.165) is 55.0 Å². The summed E-state index contributed by atoms with van der Waals surface area (Å²) in [6.45, 7) is 0. The molecule has 9 rings (SSSR count). The van der Waals surface area contributed by atoms with E-state index in [-0.39, 0.29) is 0 Å². The van der Waals surface area contributed by atoms with Crippen molar-refractivity contribution in [2.75, 3.05) is 0 Å². The lowest BCUT2D eigenvalue weighted by Crippen LogP contribution is -2.00. The first-order valence-electron chi connectivity index (χ1n) is 15.0. The maximum atomic E-state index is 6.66. The Labute approximate surface area is 259 Å². The molecule has 0 spiro atoms. The van der Waals surface area contributed by atoms with Crippen LogP contribution in [0.15, 0.2) is 156 Å². The SMILES string of the molecule is c1ccc(-c2nc(-c3ccccc3)nc(-c3cc4c(-c5cccc6ccccc56)cccc4c4oc5ccccc5c34)n2)cc1. The van der Waals surface area contributed by atoms with Crippen molar-refractivity contribution in [2.24, 2.45) is 0 Å². The van der Waals surface area contributed by atoms with Crippen molar-refractivity contribution in [1.29, 1.82) is 0 Å². The summed E-state index contributed by atoms with van der Waals surface area (Å²) in [5.74, 6) is 1.86. The molecule has 9 aromatic rings. The molecule has 0 aliphatic rings. The molecule has 0 saturated heterocycles. The average molecular weight is 576 g/mol. The predicted molar refractivity (Wildman–Crippen MR) is 184 cm³/mol. The van der Waals surface area contributed by atoms with Gasteiger partial charge in [0, 0.05) is 32.8 Å². The highest BCUT2D eigenvalue weighted by atomic mass is 16.3. The van der Waals surface area contributed by atoms with Crippen LogP contribution in [0, 0.1) is 0 Å². The number of benzene rings is 7. The van der Waals surface area contributed by atoms with Crippen LogP contribution in [0.2, 0.25) is 0 Å². The van der Waals surface area contributed by atoms with Gasteiger partial charge in [-0.05, 0) is 39.4 Å². The first-order valence-corrected chi connectivity index (χ1v) is 15.0. The molecular weight excluding hydrogens is 550 g/mol. The lowest BCUT2D eigenvalue weighted by atomic mass is 9.91. The summed E-state index contributed by atoms with van der Waals surface area (Å²) in [7, 11) is 0. The van der Waals surface area contributed by atoms with Crippen molar-refractivity contribution in [3.63, 3.8) is 0 Å². The van der Waals surface area contributed by atoms with Crippen LogP contribution in [0.25, 0.3) is 88.8 Å². The van der Waals surface area contributed by atoms with E-state index in [2.05, 4.69) is 78.9 Å². The molecule has 7 aromatic carbocycles. The van der Waals surface area contributed by atoms with Crippen LogP contribution in [-0.2, 0) is 0 Å². The fraction of sp³-hybridized carbons (Fsp3) is 0. The molecule has 2 heterocycles. The van der Waals surface area contributed by atoms with Gasteiger partial charge in [-0.1, -0.05) is 140 Å². The zero-order valence-electron chi connectivity index (χ0n) is 24.2. The average Bonchev–Trinajstić information content (AvgIpc) is 3.51. The van der Waals surface area contributed by atoms with Gasteiger partial charge in [0.05, 0.1) is 0 Å². The van der Waals surface area contributed by atoms with Gasteiger partial charge >= 0.3 is 0 Å². The third-order valence-electron chi connectivity index (χ3n) is 8.52. The fourth-order valence-electron chi connectivity index (χ4n) is 6.44. The zero-order chi connectivity index (χ0) is 29.7. The standard InChI is InChI=1S/C41H25N3O/c1-3-14-27(15-4-1)39-42-40(28-16-5-2-6-17-28)44-41(43-39)35-25-34-31(30-21-11-18-26-13-7-8-19-29(26)30)22-12-23-32(34)38-37(35)33-20-9-10-24-36(33)45-38/h1-25H. The molecule has 0 unspecified atom stereocenters. The molecule has 0 atom stereocenters. The quantitative estimate of drug-likeness (QED) is 0.209. The molecule has 0 radical (unpaired) electrons. The van der Waals surface area contributed by atoms with E-state index in [9.17, 15) is 0 Å². The molecule has 2 aromatic heterocycles. The van der Waals surface area contributed by atoms with Gasteiger partial charge in [0.25, 0.3) is 0 Å². The second kappa shape index (κ2) is 10.2. The monoisotopic (exact) mass is 575 g/mol. The normalized spacial score (nSPS) is 11.6. The smallest absolute Gasteiger partial charge is 0.164 e. The van der Waals surface area contributed by atoms with E-state index < -0.39 is 0 Å². The Hall–Kier alpha value is -6.13. The van der Waals surface area contributed by atoms with Crippen molar-refractivity contribution in [2.45, 2.75) is 0 Å². The highest BCUT2D eigenvalue weighted by molar-refractivity contribution is 6.23. The number of hydrogen-bond acceptors (Lipinski definition) is 4. The predicted octanol–water partition coefficient (Wildman–Crippen LogP) is 10.7. The summed E-state index contributed by atoms with van der Waals surface area (Å²) < 4.78 is 6.66. The van der Waals surface area contributed by atoms with Gasteiger partial charge in [-0.2, -0.15) is 0 Å². The number of para-hydroxylation sites is 1. The summed E-state index contributed by atoms with van der Waals surface area (Å²) in [6.07, 6.45) is 0. The topological polar surface area (TPSA) is 51.8 Å². The van der Waals surface area contributed by atoms with Crippen molar-refractivity contribution in [3.8, 4) is 45.3 Å². The van der Waals surface area contributed by atoms with Gasteiger partial charge in [0.15, 0.2) is 17.5 Å². The molecule has 0 aliphatic carbocycles. The third kappa shape index (κ3) is 4.19. The second-order valence-electron chi connectivity index (χ2n) is 11.2. The molecule has 0 aliphatic heterocycles. The van der Waals surface area contributed by atoms with E-state index in [0.29, 0.717) is 17.5 Å². The minimum Gasteiger partial charge on any atom is -0.455 e. The van der Waals surface area contributed by atoms with Gasteiger partial charge in [0.1, 0.15) is 11.2 Å². The van der Waals surface area contributed by atoms with Crippen LogP contribution in [0.1, 0.15) is 0 Å². The molecular formula is C41H25N3O. The lowest BCUT2D eigenvalue weighted by molar-refractivity contribution is 0.672. The third-order valence-corrected chi connectivity index (χ3v) is 8.52. The van der Waals surface area contributed by atoms with Crippen molar-refractivity contribution in [1.82, 2.24) is 15.0 Å². The Morgan fingerprint density at radius 3 is 1.64 bits per heavy atom. The molecule has 0 fully saturated rings. The highest BCUT2D eigenvalue weighted by Crippen LogP contribution is 2.44. The Balaban J connectivity index is 1.41. The number of fused-ring (bicyclic) bond motifs is 6. The Kier molecular flexibility index (Phi) is 5.78. The van der Waals surface area contributed by atoms with Gasteiger partial charge in [-0.25, -0.2) is 15.0 Å². The Morgan fingerprint density at radius 2 is 0.911 bits per heavy atom. The first-order chi connectivity index (χ1) is 22.3. The minimum absolute atomic E-state index is 0.605. The van der Waals surface area contributed by atoms with E-state index in [1.54, 1.807) is 0 Å². The van der Waals surface area contributed by atoms with Crippen LogP contribution in [0.4, 0.5) is 0 Å². The maximum Gasteiger partial charge on any atom is 0.164 e.